The molecule has 0 aromatic carbocycles. The van der Waals surface area contributed by atoms with E-state index in [2.05, 4.69) is 88.5 Å². The Kier molecular flexibility index (Phi) is 16.7. The predicted molar refractivity (Wildman–Crippen MR) is 215 cm³/mol. The molecule has 4 rings (SSSR count). The zero-order valence-corrected chi connectivity index (χ0v) is 33.3. The zero-order valence-electron chi connectivity index (χ0n) is 30.0. The van der Waals surface area contributed by atoms with Crippen LogP contribution in [0.1, 0.15) is 170 Å². The number of thiophene rings is 3. The molecule has 0 N–H and O–H groups in total. The Morgan fingerprint density at radius 2 is 0.913 bits per heavy atom. The fourth-order valence-corrected chi connectivity index (χ4v) is 11.5. The molecule has 252 valence electrons. The van der Waals surface area contributed by atoms with Crippen molar-refractivity contribution in [1.29, 1.82) is 0 Å². The van der Waals surface area contributed by atoms with Gasteiger partial charge in [-0.15, -0.1) is 22.7 Å². The van der Waals surface area contributed by atoms with Crippen LogP contribution in [-0.2, 0) is 19.3 Å². The highest BCUT2D eigenvalue weighted by molar-refractivity contribution is 8.12. The second-order valence-electron chi connectivity index (χ2n) is 13.5. The van der Waals surface area contributed by atoms with E-state index in [1.165, 1.54) is 163 Å². The second-order valence-corrected chi connectivity index (χ2v) is 18.1. The van der Waals surface area contributed by atoms with Crippen LogP contribution in [0.2, 0.25) is 0 Å². The van der Waals surface area contributed by atoms with Crippen LogP contribution in [0.25, 0.3) is 24.4 Å². The Balaban J connectivity index is 1.67. The lowest BCUT2D eigenvalue weighted by Crippen LogP contribution is -1.88. The van der Waals surface area contributed by atoms with E-state index in [1.54, 1.807) is 26.4 Å². The van der Waals surface area contributed by atoms with E-state index in [0.29, 0.717) is 0 Å². The Hall–Kier alpha value is -1.16. The summed E-state index contributed by atoms with van der Waals surface area (Å²) in [5.74, 6) is 0. The molecule has 0 amide bonds. The molecule has 3 aromatic rings. The quantitative estimate of drug-likeness (QED) is 0.0704. The maximum atomic E-state index is 3.95. The lowest BCUT2D eigenvalue weighted by Gasteiger charge is -2.02. The summed E-state index contributed by atoms with van der Waals surface area (Å²) in [5, 5.41) is 0. The van der Waals surface area contributed by atoms with Crippen LogP contribution in [0.4, 0.5) is 0 Å². The summed E-state index contributed by atoms with van der Waals surface area (Å²) in [6.07, 6.45) is 29.9. The third-order valence-corrected chi connectivity index (χ3v) is 14.3. The van der Waals surface area contributed by atoms with Gasteiger partial charge in [0.25, 0.3) is 0 Å². The number of hydrogen-bond acceptors (Lipinski definition) is 4. The van der Waals surface area contributed by atoms with Gasteiger partial charge in [0.15, 0.2) is 0 Å². The molecule has 0 nitrogen and oxygen atoms in total. The summed E-state index contributed by atoms with van der Waals surface area (Å²) in [4.78, 5) is 12.0. The maximum absolute atomic E-state index is 3.95. The summed E-state index contributed by atoms with van der Waals surface area (Å²) in [6.45, 7) is 13.9. The van der Waals surface area contributed by atoms with Gasteiger partial charge in [0.05, 0.1) is 15.9 Å². The molecular formula is C42H61S4+. The van der Waals surface area contributed by atoms with E-state index in [4.69, 9.17) is 0 Å². The van der Waals surface area contributed by atoms with Gasteiger partial charge in [0.1, 0.15) is 10.5 Å². The van der Waals surface area contributed by atoms with E-state index in [1.807, 2.05) is 23.1 Å². The van der Waals surface area contributed by atoms with E-state index >= 15 is 0 Å². The largest absolute Gasteiger partial charge is 0.206 e. The van der Waals surface area contributed by atoms with E-state index < -0.39 is 0 Å². The maximum Gasteiger partial charge on any atom is 0.206 e. The first-order valence-corrected chi connectivity index (χ1v) is 22.1. The van der Waals surface area contributed by atoms with Gasteiger partial charge < -0.3 is 0 Å². The average molecular weight is 694 g/mol. The molecule has 1 aliphatic heterocycles. The Bertz CT molecular complexity index is 1390. The van der Waals surface area contributed by atoms with Crippen molar-refractivity contribution in [3.05, 3.63) is 61.2 Å². The van der Waals surface area contributed by atoms with Crippen molar-refractivity contribution in [2.75, 3.05) is 0 Å². The van der Waals surface area contributed by atoms with E-state index in [-0.39, 0.29) is 0 Å². The normalized spacial score (nSPS) is 13.2. The lowest BCUT2D eigenvalue weighted by molar-refractivity contribution is 0.666. The highest BCUT2D eigenvalue weighted by atomic mass is 32.2. The average Bonchev–Trinajstić information content (AvgIpc) is 3.83. The van der Waals surface area contributed by atoms with Crippen LogP contribution < -0.4 is 0 Å². The minimum atomic E-state index is 1.18. The first kappa shape index (κ1) is 37.7. The van der Waals surface area contributed by atoms with Gasteiger partial charge >= 0.3 is 0 Å². The summed E-state index contributed by atoms with van der Waals surface area (Å²) in [6, 6.07) is 7.69. The monoisotopic (exact) mass is 693 g/mol. The fraction of sp³-hybridized carbons (Fsp3) is 0.619. The molecular weight excluding hydrogens is 633 g/mol. The van der Waals surface area contributed by atoms with Crippen molar-refractivity contribution in [3.63, 3.8) is 0 Å². The summed E-state index contributed by atoms with van der Waals surface area (Å²) < 4.78 is 0. The highest BCUT2D eigenvalue weighted by Gasteiger charge is 2.31. The Morgan fingerprint density at radius 1 is 0.478 bits per heavy atom. The highest BCUT2D eigenvalue weighted by Crippen LogP contribution is 2.51. The van der Waals surface area contributed by atoms with Gasteiger partial charge in [-0.05, 0) is 81.2 Å². The molecule has 4 heterocycles. The van der Waals surface area contributed by atoms with Gasteiger partial charge in [-0.25, -0.2) is 0 Å². The molecule has 3 aromatic heterocycles. The molecule has 46 heavy (non-hydrogen) atoms. The van der Waals surface area contributed by atoms with Gasteiger partial charge in [-0.3, -0.25) is 0 Å². The Labute approximate surface area is 299 Å². The van der Waals surface area contributed by atoms with Crippen LogP contribution in [0.15, 0.2) is 28.7 Å². The Morgan fingerprint density at radius 3 is 1.43 bits per heavy atom. The van der Waals surface area contributed by atoms with Crippen molar-refractivity contribution in [3.8, 4) is 19.5 Å². The topological polar surface area (TPSA) is 0 Å². The number of aryl methyl sites for hydroxylation is 4. The number of hydrogen-bond donors (Lipinski definition) is 0. The number of allylic oxidation sites excluding steroid dienone is 3. The van der Waals surface area contributed by atoms with Crippen LogP contribution in [0, 0.1) is 13.0 Å². The van der Waals surface area contributed by atoms with Gasteiger partial charge in [0, 0.05) is 50.2 Å². The first-order chi connectivity index (χ1) is 22.5. The lowest BCUT2D eigenvalue weighted by atomic mass is 10.0. The number of unbranched alkanes of at least 4 members (excludes halogenated alkanes) is 12. The number of rotatable bonds is 23. The molecule has 0 fully saturated rings. The number of thioether (sulfide) groups is 1. The molecule has 0 atom stereocenters. The standard InChI is InChI=1S/C42H61S4/c1-7-11-15-19-23-33-28-37(44-32(33)6)41-35(25-21-17-13-9-3)30-39(46-41)42-36(26-22-18-14-10-4)29-38(45-42)40-34(27-31(5)43-40)24-20-16-12-8-2/h27,29-30H,7-26H2,1-6H3/q+1. The summed E-state index contributed by atoms with van der Waals surface area (Å²) >= 11 is 8.18. The molecule has 0 bridgehead atoms. The van der Waals surface area contributed by atoms with Crippen molar-refractivity contribution >= 4 is 50.7 Å². The van der Waals surface area contributed by atoms with Gasteiger partial charge in [0.2, 0.25) is 4.91 Å². The van der Waals surface area contributed by atoms with Gasteiger partial charge in [-0.1, -0.05) is 116 Å². The molecule has 0 unspecified atom stereocenters. The van der Waals surface area contributed by atoms with Crippen LogP contribution in [0.5, 0.6) is 0 Å². The smallest absolute Gasteiger partial charge is 0.139 e. The molecule has 0 radical (unpaired) electrons. The van der Waals surface area contributed by atoms with Crippen LogP contribution >= 0.6 is 45.8 Å². The SMILES string of the molecule is CCCCCCC1=C(C)SC(c2sc(-c3sc(-c4sc(C)cc4CCCCCC)cc3CCCCCC)cc2CCCCCC)=[C+]1. The second kappa shape index (κ2) is 20.4. The van der Waals surface area contributed by atoms with E-state index in [0.717, 1.165) is 0 Å². The minimum Gasteiger partial charge on any atom is -0.139 e. The van der Waals surface area contributed by atoms with Crippen molar-refractivity contribution in [1.82, 2.24) is 0 Å². The van der Waals surface area contributed by atoms with Crippen LogP contribution in [0.3, 0.4) is 0 Å². The molecule has 4 heteroatoms. The molecule has 0 saturated carbocycles. The summed E-state index contributed by atoms with van der Waals surface area (Å²) in [5.41, 5.74) is 6.22. The predicted octanol–water partition coefficient (Wildman–Crippen LogP) is 16.0. The van der Waals surface area contributed by atoms with E-state index in [9.17, 15) is 0 Å². The van der Waals surface area contributed by atoms with Crippen molar-refractivity contribution in [2.45, 2.75) is 170 Å². The third kappa shape index (κ3) is 10.9. The van der Waals surface area contributed by atoms with Crippen molar-refractivity contribution in [2.24, 2.45) is 0 Å². The van der Waals surface area contributed by atoms with Gasteiger partial charge in [-0.2, -0.15) is 0 Å². The molecule has 0 aliphatic carbocycles. The zero-order chi connectivity index (χ0) is 32.7. The summed E-state index contributed by atoms with van der Waals surface area (Å²) in [7, 11) is 0. The minimum absolute atomic E-state index is 1.18. The first-order valence-electron chi connectivity index (χ1n) is 18.9. The molecule has 0 spiro atoms. The molecule has 1 aliphatic rings. The van der Waals surface area contributed by atoms with Crippen molar-refractivity contribution < 1.29 is 0 Å². The fourth-order valence-electron chi connectivity index (χ4n) is 6.58. The molecule has 0 saturated heterocycles. The third-order valence-electron chi connectivity index (χ3n) is 9.33. The van der Waals surface area contributed by atoms with Crippen LogP contribution in [-0.4, -0.2) is 0 Å².